The molecule has 0 bridgehead atoms. The van der Waals surface area contributed by atoms with Crippen molar-refractivity contribution in [3.8, 4) is 0 Å². The van der Waals surface area contributed by atoms with Gasteiger partial charge in [0.2, 0.25) is 0 Å². The van der Waals surface area contributed by atoms with Crippen LogP contribution in [-0.4, -0.2) is 11.5 Å². The van der Waals surface area contributed by atoms with Gasteiger partial charge in [-0.1, -0.05) is 37.3 Å². The highest BCUT2D eigenvalue weighted by atomic mass is 32.2. The Morgan fingerprint density at radius 1 is 1.36 bits per heavy atom. The molecule has 1 nitrogen and oxygen atoms in total. The monoisotopic (exact) mass is 205 g/mol. The van der Waals surface area contributed by atoms with Gasteiger partial charge in [0.05, 0.1) is 0 Å². The molecule has 0 aromatic heterocycles. The topological polar surface area (TPSA) is 12.4 Å². The average molecular weight is 205 g/mol. The minimum Gasteiger partial charge on any atom is -0.226 e. The molecule has 1 aliphatic rings. The van der Waals surface area contributed by atoms with Crippen LogP contribution in [0.5, 0.6) is 0 Å². The van der Waals surface area contributed by atoms with Crippen molar-refractivity contribution in [1.29, 1.82) is 0 Å². The van der Waals surface area contributed by atoms with Crippen molar-refractivity contribution in [3.63, 3.8) is 0 Å². The molecule has 0 amide bonds. The minimum atomic E-state index is 0.605. The number of benzene rings is 1. The largest absolute Gasteiger partial charge is 0.226 e. The lowest BCUT2D eigenvalue weighted by molar-refractivity contribution is 0.798. The van der Waals surface area contributed by atoms with E-state index in [1.165, 1.54) is 23.4 Å². The zero-order valence-electron chi connectivity index (χ0n) is 8.44. The summed E-state index contributed by atoms with van der Waals surface area (Å²) in [7, 11) is 0. The van der Waals surface area contributed by atoms with Gasteiger partial charge in [0.25, 0.3) is 0 Å². The first kappa shape index (κ1) is 9.78. The van der Waals surface area contributed by atoms with Gasteiger partial charge in [0, 0.05) is 11.5 Å². The predicted octanol–water partition coefficient (Wildman–Crippen LogP) is 3.67. The van der Waals surface area contributed by atoms with E-state index in [9.17, 15) is 0 Å². The molecule has 0 aliphatic carbocycles. The third-order valence-corrected chi connectivity index (χ3v) is 3.36. The van der Waals surface area contributed by atoms with Gasteiger partial charge >= 0.3 is 0 Å². The lowest BCUT2D eigenvalue weighted by Gasteiger charge is -2.10. The van der Waals surface area contributed by atoms with Crippen molar-refractivity contribution in [2.24, 2.45) is 4.40 Å². The Hall–Kier alpha value is -0.760. The third-order valence-electron chi connectivity index (χ3n) is 2.59. The summed E-state index contributed by atoms with van der Waals surface area (Å²) in [6, 6.07) is 10.7. The first-order chi connectivity index (χ1) is 6.86. The van der Waals surface area contributed by atoms with Crippen LogP contribution >= 0.6 is 11.9 Å². The molecule has 1 aromatic carbocycles. The number of rotatable bonds is 3. The highest BCUT2D eigenvalue weighted by Crippen LogP contribution is 2.24. The second-order valence-electron chi connectivity index (χ2n) is 3.76. The first-order valence-electron chi connectivity index (χ1n) is 5.09. The summed E-state index contributed by atoms with van der Waals surface area (Å²) in [6.45, 7) is 2.28. The maximum Gasteiger partial charge on any atom is 0.0277 e. The summed E-state index contributed by atoms with van der Waals surface area (Å²) < 4.78 is 4.43. The van der Waals surface area contributed by atoms with E-state index in [4.69, 9.17) is 0 Å². The second-order valence-corrected chi connectivity index (χ2v) is 4.61. The van der Waals surface area contributed by atoms with Gasteiger partial charge in [-0.3, -0.25) is 0 Å². The van der Waals surface area contributed by atoms with Gasteiger partial charge < -0.3 is 0 Å². The maximum atomic E-state index is 4.43. The molecule has 14 heavy (non-hydrogen) atoms. The van der Waals surface area contributed by atoms with Gasteiger partial charge in [-0.15, -0.1) is 0 Å². The molecule has 74 valence electrons. The van der Waals surface area contributed by atoms with Gasteiger partial charge in [0.15, 0.2) is 0 Å². The Balaban J connectivity index is 1.99. The zero-order chi connectivity index (χ0) is 9.80. The van der Waals surface area contributed by atoms with Crippen LogP contribution in [0.1, 0.15) is 31.2 Å². The quantitative estimate of drug-likeness (QED) is 0.686. The standard InChI is InChI=1S/C12H15NS/c1-10(9-12-7-8-14-13-12)11-5-3-2-4-6-11/h2-6,10H,7-9H2,1H3. The molecule has 0 radical (unpaired) electrons. The van der Waals surface area contributed by atoms with Crippen LogP contribution in [0.3, 0.4) is 0 Å². The molecule has 0 fully saturated rings. The smallest absolute Gasteiger partial charge is 0.0277 e. The minimum absolute atomic E-state index is 0.605. The Morgan fingerprint density at radius 3 is 2.79 bits per heavy atom. The summed E-state index contributed by atoms with van der Waals surface area (Å²) in [4.78, 5) is 0. The SMILES string of the molecule is CC(CC1=NSCC1)c1ccccc1. The van der Waals surface area contributed by atoms with Crippen LogP contribution in [0.15, 0.2) is 34.7 Å². The molecule has 0 N–H and O–H groups in total. The molecular weight excluding hydrogens is 190 g/mol. The fourth-order valence-corrected chi connectivity index (χ4v) is 2.50. The lowest BCUT2D eigenvalue weighted by Crippen LogP contribution is -2.02. The summed E-state index contributed by atoms with van der Waals surface area (Å²) in [5.41, 5.74) is 2.80. The molecule has 0 spiro atoms. The van der Waals surface area contributed by atoms with Crippen molar-refractivity contribution >= 4 is 17.7 Å². The molecule has 0 saturated carbocycles. The predicted molar refractivity (Wildman–Crippen MR) is 64.0 cm³/mol. The van der Waals surface area contributed by atoms with E-state index in [1.807, 2.05) is 0 Å². The number of hydrogen-bond acceptors (Lipinski definition) is 2. The lowest BCUT2D eigenvalue weighted by atomic mass is 9.95. The maximum absolute atomic E-state index is 4.43. The van der Waals surface area contributed by atoms with Crippen LogP contribution in [0.2, 0.25) is 0 Å². The highest BCUT2D eigenvalue weighted by Gasteiger charge is 2.12. The molecule has 2 heteroatoms. The van der Waals surface area contributed by atoms with Gasteiger partial charge in [-0.25, -0.2) is 4.40 Å². The summed E-state index contributed by atoms with van der Waals surface area (Å²) in [5, 5.41) is 0. The van der Waals surface area contributed by atoms with E-state index in [1.54, 1.807) is 11.9 Å². The molecule has 0 saturated heterocycles. The van der Waals surface area contributed by atoms with Crippen molar-refractivity contribution in [1.82, 2.24) is 0 Å². The van der Waals surface area contributed by atoms with Gasteiger partial charge in [-0.2, -0.15) is 0 Å². The molecule has 1 heterocycles. The van der Waals surface area contributed by atoms with E-state index in [2.05, 4.69) is 41.7 Å². The van der Waals surface area contributed by atoms with Crippen molar-refractivity contribution < 1.29 is 0 Å². The summed E-state index contributed by atoms with van der Waals surface area (Å²) >= 11 is 1.71. The molecular formula is C12H15NS. The van der Waals surface area contributed by atoms with Gasteiger partial charge in [0.1, 0.15) is 0 Å². The van der Waals surface area contributed by atoms with E-state index in [0.717, 1.165) is 6.42 Å². The second kappa shape index (κ2) is 4.65. The molecule has 2 rings (SSSR count). The Bertz CT molecular complexity index is 318. The zero-order valence-corrected chi connectivity index (χ0v) is 9.26. The van der Waals surface area contributed by atoms with Crippen LogP contribution in [0, 0.1) is 0 Å². The van der Waals surface area contributed by atoms with E-state index >= 15 is 0 Å². The van der Waals surface area contributed by atoms with E-state index in [0.29, 0.717) is 5.92 Å². The summed E-state index contributed by atoms with van der Waals surface area (Å²) in [5.74, 6) is 1.78. The first-order valence-corrected chi connectivity index (χ1v) is 6.03. The summed E-state index contributed by atoms with van der Waals surface area (Å²) in [6.07, 6.45) is 2.30. The van der Waals surface area contributed by atoms with Crippen molar-refractivity contribution in [2.45, 2.75) is 25.7 Å². The number of nitrogens with zero attached hydrogens (tertiary/aromatic N) is 1. The highest BCUT2D eigenvalue weighted by molar-refractivity contribution is 7.98. The fourth-order valence-electron chi connectivity index (χ4n) is 1.74. The molecule has 1 aliphatic heterocycles. The van der Waals surface area contributed by atoms with Gasteiger partial charge in [-0.05, 0) is 36.3 Å². The Morgan fingerprint density at radius 2 is 2.14 bits per heavy atom. The van der Waals surface area contributed by atoms with Crippen molar-refractivity contribution in [2.75, 3.05) is 5.75 Å². The molecule has 1 atom stereocenters. The van der Waals surface area contributed by atoms with Crippen LogP contribution < -0.4 is 0 Å². The fraction of sp³-hybridized carbons (Fsp3) is 0.417. The van der Waals surface area contributed by atoms with Crippen molar-refractivity contribution in [3.05, 3.63) is 35.9 Å². The van der Waals surface area contributed by atoms with Crippen LogP contribution in [-0.2, 0) is 0 Å². The van der Waals surface area contributed by atoms with Crippen LogP contribution in [0.4, 0.5) is 0 Å². The van der Waals surface area contributed by atoms with Crippen LogP contribution in [0.25, 0.3) is 0 Å². The normalized spacial score (nSPS) is 17.9. The third kappa shape index (κ3) is 2.38. The number of hydrogen-bond donors (Lipinski definition) is 0. The Labute approximate surface area is 89.8 Å². The average Bonchev–Trinajstić information content (AvgIpc) is 2.72. The van der Waals surface area contributed by atoms with E-state index < -0.39 is 0 Å². The Kier molecular flexibility index (Phi) is 3.25. The van der Waals surface area contributed by atoms with E-state index in [-0.39, 0.29) is 0 Å². The molecule has 1 unspecified atom stereocenters. The molecule has 1 aromatic rings.